The van der Waals surface area contributed by atoms with Crippen LogP contribution in [0.2, 0.25) is 0 Å². The zero-order chi connectivity index (χ0) is 22.8. The van der Waals surface area contributed by atoms with Crippen molar-refractivity contribution in [2.45, 2.75) is 40.5 Å². The summed E-state index contributed by atoms with van der Waals surface area (Å²) in [4.78, 5) is 33.3. The smallest absolute Gasteiger partial charge is 0.277 e. The SMILES string of the molecule is Cc1ccc(C2=C(N3CC(C)CC(C)C3)C(=O)N(CCCN3CCOCC3)C2=O)c(C)c1. The first-order chi connectivity index (χ1) is 15.3. The predicted octanol–water partition coefficient (Wildman–Crippen LogP) is 3.08. The number of nitrogens with zero attached hydrogens (tertiary/aromatic N) is 3. The fourth-order valence-corrected chi connectivity index (χ4v) is 5.52. The summed E-state index contributed by atoms with van der Waals surface area (Å²) in [5, 5.41) is 0. The highest BCUT2D eigenvalue weighted by atomic mass is 16.5. The quantitative estimate of drug-likeness (QED) is 0.638. The molecule has 3 aliphatic heterocycles. The van der Waals surface area contributed by atoms with Gasteiger partial charge >= 0.3 is 0 Å². The van der Waals surface area contributed by atoms with Gasteiger partial charge in [-0.1, -0.05) is 37.6 Å². The molecule has 0 aromatic heterocycles. The molecule has 3 heterocycles. The molecule has 2 saturated heterocycles. The second kappa shape index (κ2) is 9.75. The molecule has 2 unspecified atom stereocenters. The molecule has 4 rings (SSSR count). The summed E-state index contributed by atoms with van der Waals surface area (Å²) in [7, 11) is 0. The third-order valence-corrected chi connectivity index (χ3v) is 6.94. The Morgan fingerprint density at radius 2 is 1.66 bits per heavy atom. The van der Waals surface area contributed by atoms with Gasteiger partial charge in [-0.3, -0.25) is 19.4 Å². The van der Waals surface area contributed by atoms with Crippen molar-refractivity contribution in [3.05, 3.63) is 40.6 Å². The Labute approximate surface area is 192 Å². The van der Waals surface area contributed by atoms with Crippen molar-refractivity contribution < 1.29 is 14.3 Å². The Balaban J connectivity index is 1.60. The Morgan fingerprint density at radius 1 is 0.969 bits per heavy atom. The first kappa shape index (κ1) is 23.0. The average molecular weight is 440 g/mol. The number of morpholine rings is 1. The monoisotopic (exact) mass is 439 g/mol. The lowest BCUT2D eigenvalue weighted by Gasteiger charge is -2.37. The van der Waals surface area contributed by atoms with E-state index in [-0.39, 0.29) is 11.8 Å². The Morgan fingerprint density at radius 3 is 2.31 bits per heavy atom. The summed E-state index contributed by atoms with van der Waals surface area (Å²) in [5.41, 5.74) is 4.32. The van der Waals surface area contributed by atoms with Crippen molar-refractivity contribution >= 4 is 17.4 Å². The van der Waals surface area contributed by atoms with Gasteiger partial charge in [0.25, 0.3) is 11.8 Å². The van der Waals surface area contributed by atoms with Gasteiger partial charge in [-0.15, -0.1) is 0 Å². The van der Waals surface area contributed by atoms with Crippen LogP contribution >= 0.6 is 0 Å². The Hall–Kier alpha value is -2.18. The minimum absolute atomic E-state index is 0.117. The van der Waals surface area contributed by atoms with E-state index >= 15 is 0 Å². The van der Waals surface area contributed by atoms with Gasteiger partial charge < -0.3 is 9.64 Å². The summed E-state index contributed by atoms with van der Waals surface area (Å²) in [6.45, 7) is 14.9. The zero-order valence-corrected chi connectivity index (χ0v) is 20.0. The zero-order valence-electron chi connectivity index (χ0n) is 20.0. The van der Waals surface area contributed by atoms with Gasteiger partial charge in [-0.25, -0.2) is 0 Å². The number of amides is 2. The highest BCUT2D eigenvalue weighted by molar-refractivity contribution is 6.35. The number of ether oxygens (including phenoxy) is 1. The van der Waals surface area contributed by atoms with E-state index in [2.05, 4.69) is 36.6 Å². The lowest BCUT2D eigenvalue weighted by Crippen LogP contribution is -2.42. The number of carbonyl (C=O) groups excluding carboxylic acids is 2. The van der Waals surface area contributed by atoms with Gasteiger partial charge in [0, 0.05) is 39.3 Å². The summed E-state index contributed by atoms with van der Waals surface area (Å²) in [5.74, 6) is 0.757. The number of rotatable bonds is 6. The third kappa shape index (κ3) is 4.76. The van der Waals surface area contributed by atoms with E-state index in [1.165, 1.54) is 4.90 Å². The minimum Gasteiger partial charge on any atom is -0.379 e. The number of carbonyl (C=O) groups is 2. The number of piperidine rings is 1. The number of hydrogen-bond acceptors (Lipinski definition) is 5. The van der Waals surface area contributed by atoms with Crippen LogP contribution in [0, 0.1) is 25.7 Å². The molecule has 6 nitrogen and oxygen atoms in total. The number of likely N-dealkylation sites (tertiary alicyclic amines) is 1. The molecule has 0 spiro atoms. The van der Waals surface area contributed by atoms with Gasteiger partial charge in [0.15, 0.2) is 0 Å². The molecule has 1 aromatic rings. The predicted molar refractivity (Wildman–Crippen MR) is 126 cm³/mol. The molecule has 6 heteroatoms. The summed E-state index contributed by atoms with van der Waals surface area (Å²) >= 11 is 0. The molecule has 1 aromatic carbocycles. The molecule has 0 aliphatic carbocycles. The molecule has 3 aliphatic rings. The van der Waals surface area contributed by atoms with Crippen molar-refractivity contribution in [2.75, 3.05) is 52.5 Å². The van der Waals surface area contributed by atoms with Crippen LogP contribution in [0.3, 0.4) is 0 Å². The molecule has 0 saturated carbocycles. The van der Waals surface area contributed by atoms with Crippen LogP contribution in [0.5, 0.6) is 0 Å². The summed E-state index contributed by atoms with van der Waals surface area (Å²) in [6, 6.07) is 6.15. The largest absolute Gasteiger partial charge is 0.379 e. The summed E-state index contributed by atoms with van der Waals surface area (Å²) in [6.07, 6.45) is 1.95. The van der Waals surface area contributed by atoms with E-state index in [1.807, 2.05) is 19.1 Å². The lowest BCUT2D eigenvalue weighted by atomic mass is 9.90. The minimum atomic E-state index is -0.134. The van der Waals surface area contributed by atoms with Gasteiger partial charge in [0.05, 0.1) is 18.8 Å². The summed E-state index contributed by atoms with van der Waals surface area (Å²) < 4.78 is 5.42. The number of aryl methyl sites for hydroxylation is 2. The van der Waals surface area contributed by atoms with Crippen LogP contribution in [-0.4, -0.2) is 79.0 Å². The fourth-order valence-electron chi connectivity index (χ4n) is 5.52. The molecule has 0 bridgehead atoms. The first-order valence-electron chi connectivity index (χ1n) is 12.1. The molecule has 0 radical (unpaired) electrons. The maximum absolute atomic E-state index is 13.6. The second-order valence-corrected chi connectivity index (χ2v) is 9.96. The van der Waals surface area contributed by atoms with Gasteiger partial charge in [0.1, 0.15) is 5.70 Å². The van der Waals surface area contributed by atoms with E-state index in [9.17, 15) is 9.59 Å². The van der Waals surface area contributed by atoms with Crippen LogP contribution in [0.15, 0.2) is 23.9 Å². The molecular formula is C26H37N3O3. The highest BCUT2D eigenvalue weighted by Gasteiger charge is 2.43. The standard InChI is InChI=1S/C26H37N3O3/c1-18-6-7-22(21(4)15-18)23-24(28-16-19(2)14-20(3)17-28)26(31)29(25(23)30)9-5-8-27-10-12-32-13-11-27/h6-7,15,19-20H,5,8-14,16-17H2,1-4H3. The third-order valence-electron chi connectivity index (χ3n) is 6.94. The van der Waals surface area contributed by atoms with E-state index in [0.717, 1.165) is 75.5 Å². The molecule has 32 heavy (non-hydrogen) atoms. The van der Waals surface area contributed by atoms with Crippen molar-refractivity contribution in [1.82, 2.24) is 14.7 Å². The van der Waals surface area contributed by atoms with Crippen LogP contribution < -0.4 is 0 Å². The van der Waals surface area contributed by atoms with E-state index in [4.69, 9.17) is 4.74 Å². The van der Waals surface area contributed by atoms with Crippen LogP contribution in [-0.2, 0) is 14.3 Å². The Bertz CT molecular complexity index is 894. The van der Waals surface area contributed by atoms with Crippen molar-refractivity contribution in [3.63, 3.8) is 0 Å². The lowest BCUT2D eigenvalue weighted by molar-refractivity contribution is -0.137. The van der Waals surface area contributed by atoms with Gasteiger partial charge in [0.2, 0.25) is 0 Å². The van der Waals surface area contributed by atoms with Crippen molar-refractivity contribution in [3.8, 4) is 0 Å². The molecule has 2 amide bonds. The number of imide groups is 1. The van der Waals surface area contributed by atoms with E-state index in [1.54, 1.807) is 0 Å². The normalized spacial score (nSPS) is 25.2. The van der Waals surface area contributed by atoms with Gasteiger partial charge in [-0.05, 0) is 49.7 Å². The molecular weight excluding hydrogens is 402 g/mol. The molecule has 174 valence electrons. The van der Waals surface area contributed by atoms with Crippen LogP contribution in [0.1, 0.15) is 43.4 Å². The van der Waals surface area contributed by atoms with E-state index in [0.29, 0.717) is 29.7 Å². The number of benzene rings is 1. The second-order valence-electron chi connectivity index (χ2n) is 9.96. The van der Waals surface area contributed by atoms with Crippen LogP contribution in [0.25, 0.3) is 5.57 Å². The number of hydrogen-bond donors (Lipinski definition) is 0. The van der Waals surface area contributed by atoms with Gasteiger partial charge in [-0.2, -0.15) is 0 Å². The van der Waals surface area contributed by atoms with Crippen molar-refractivity contribution in [1.29, 1.82) is 0 Å². The van der Waals surface area contributed by atoms with Crippen molar-refractivity contribution in [2.24, 2.45) is 11.8 Å². The topological polar surface area (TPSA) is 53.1 Å². The Kier molecular flexibility index (Phi) is 7.01. The maximum Gasteiger partial charge on any atom is 0.277 e. The first-order valence-corrected chi connectivity index (χ1v) is 12.1. The van der Waals surface area contributed by atoms with E-state index < -0.39 is 0 Å². The van der Waals surface area contributed by atoms with Crippen LogP contribution in [0.4, 0.5) is 0 Å². The molecule has 0 N–H and O–H groups in total. The average Bonchev–Trinajstić information content (AvgIpc) is 2.98. The highest BCUT2D eigenvalue weighted by Crippen LogP contribution is 2.36. The molecule has 2 fully saturated rings. The molecule has 2 atom stereocenters. The fraction of sp³-hybridized carbons (Fsp3) is 0.615. The maximum atomic E-state index is 13.6.